The fraction of sp³-hybridized carbons (Fsp3) is 0.292. The van der Waals surface area contributed by atoms with Crippen molar-refractivity contribution < 1.29 is 90.2 Å². The van der Waals surface area contributed by atoms with Crippen molar-refractivity contribution in [2.45, 2.75) is 138 Å². The van der Waals surface area contributed by atoms with Crippen LogP contribution in [0.1, 0.15) is 70.0 Å². The summed E-state index contributed by atoms with van der Waals surface area (Å²) in [5, 5.41) is 0. The third kappa shape index (κ3) is 21.3. The number of methoxy groups -OCH3 is 1. The number of carbonyl (C=O) groups is 3. The minimum Gasteiger partial charge on any atom is -0.452 e. The summed E-state index contributed by atoms with van der Waals surface area (Å²) in [4.78, 5) is 45.1. The predicted molar refractivity (Wildman–Crippen MR) is 398 cm³/mol. The lowest BCUT2D eigenvalue weighted by atomic mass is 9.96. The molecule has 3 saturated heterocycles. The van der Waals surface area contributed by atoms with E-state index in [0.29, 0.717) is 0 Å². The fourth-order valence-electron chi connectivity index (χ4n) is 13.2. The third-order valence-electron chi connectivity index (χ3n) is 18.7. The zero-order valence-electron chi connectivity index (χ0n) is 59.9. The van der Waals surface area contributed by atoms with E-state index in [1.807, 2.05) is 212 Å². The molecular formula is C89H88O19. The van der Waals surface area contributed by atoms with E-state index in [1.54, 1.807) is 91.0 Å². The van der Waals surface area contributed by atoms with Crippen molar-refractivity contribution in [3.05, 3.63) is 359 Å². The van der Waals surface area contributed by atoms with Crippen LogP contribution in [0.25, 0.3) is 0 Å². The molecule has 15 atom stereocenters. The summed E-state index contributed by atoms with van der Waals surface area (Å²) in [6.07, 6.45) is -18.4. The average Bonchev–Trinajstić information content (AvgIpc) is 0.772. The van der Waals surface area contributed by atoms with Gasteiger partial charge in [0.25, 0.3) is 0 Å². The highest BCUT2D eigenvalue weighted by Gasteiger charge is 2.57. The molecule has 19 nitrogen and oxygen atoms in total. The van der Waals surface area contributed by atoms with Gasteiger partial charge in [-0.2, -0.15) is 0 Å². The van der Waals surface area contributed by atoms with Gasteiger partial charge >= 0.3 is 17.9 Å². The molecule has 10 aromatic rings. The lowest BCUT2D eigenvalue weighted by Crippen LogP contribution is -2.65. The molecule has 0 unspecified atom stereocenters. The van der Waals surface area contributed by atoms with Gasteiger partial charge in [-0.05, 0) is 75.3 Å². The molecule has 3 aliphatic rings. The minimum atomic E-state index is -1.73. The van der Waals surface area contributed by atoms with Gasteiger partial charge in [-0.3, -0.25) is 0 Å². The SMILES string of the molecule is CO[C@H]1O[C@H](CO[C@@H]2O[C@H](CO[C@@H]3O[C@H](COCc4ccccc4)[C@@H](OCc4ccccc4)[C@H](OCc4ccccc4)[C@H]3OCc3ccccc3)[C@@H](OC(=O)c3ccccc3)[C@H](OC(=O)c3ccccc3)[C@H]2OC(=O)c2ccccc2)[C@@H](OCc2ccccc2)[C@H](OCc2ccccc2)[C@H]1OCc1ccccc1. The molecule has 0 spiro atoms. The average molecular weight is 1460 g/mol. The number of hydrogen-bond donors (Lipinski definition) is 0. The topological polar surface area (TPSA) is 199 Å². The van der Waals surface area contributed by atoms with E-state index >= 15 is 9.59 Å². The summed E-state index contributed by atoms with van der Waals surface area (Å²) in [6, 6.07) is 92.9. The first-order valence-corrected chi connectivity index (χ1v) is 36.3. The molecule has 13 rings (SSSR count). The summed E-state index contributed by atoms with van der Waals surface area (Å²) in [5.41, 5.74) is 6.58. The van der Waals surface area contributed by atoms with Crippen LogP contribution in [0.15, 0.2) is 303 Å². The summed E-state index contributed by atoms with van der Waals surface area (Å²) in [6.45, 7) is 0.0831. The van der Waals surface area contributed by atoms with Crippen molar-refractivity contribution in [2.75, 3.05) is 26.9 Å². The van der Waals surface area contributed by atoms with Gasteiger partial charge in [0.1, 0.15) is 54.9 Å². The van der Waals surface area contributed by atoms with Gasteiger partial charge in [0.2, 0.25) is 0 Å². The van der Waals surface area contributed by atoms with Crippen LogP contribution in [-0.2, 0) is 122 Å². The molecule has 0 aromatic heterocycles. The highest BCUT2D eigenvalue weighted by Crippen LogP contribution is 2.38. The molecule has 3 fully saturated rings. The van der Waals surface area contributed by atoms with Crippen LogP contribution in [0.4, 0.5) is 0 Å². The summed E-state index contributed by atoms with van der Waals surface area (Å²) in [5.74, 6) is -2.56. The van der Waals surface area contributed by atoms with E-state index in [4.69, 9.17) is 75.8 Å². The molecule has 10 aromatic carbocycles. The number of carbonyl (C=O) groups excluding carboxylic acids is 3. The van der Waals surface area contributed by atoms with Crippen molar-refractivity contribution in [1.29, 1.82) is 0 Å². The summed E-state index contributed by atoms with van der Waals surface area (Å²) < 4.78 is 110. The normalized spacial score (nSPS) is 24.1. The molecule has 558 valence electrons. The Balaban J connectivity index is 0.903. The van der Waals surface area contributed by atoms with Gasteiger partial charge < -0.3 is 75.8 Å². The molecule has 0 radical (unpaired) electrons. The summed E-state index contributed by atoms with van der Waals surface area (Å²) in [7, 11) is 1.51. The van der Waals surface area contributed by atoms with Crippen molar-refractivity contribution in [1.82, 2.24) is 0 Å². The zero-order chi connectivity index (χ0) is 73.9. The molecule has 0 bridgehead atoms. The van der Waals surface area contributed by atoms with Gasteiger partial charge in [-0.25, -0.2) is 14.4 Å². The molecule has 108 heavy (non-hydrogen) atoms. The smallest absolute Gasteiger partial charge is 0.338 e. The first kappa shape index (κ1) is 76.3. The molecule has 19 heteroatoms. The highest BCUT2D eigenvalue weighted by atomic mass is 16.8. The van der Waals surface area contributed by atoms with E-state index in [0.717, 1.165) is 38.9 Å². The van der Waals surface area contributed by atoms with E-state index in [9.17, 15) is 4.79 Å². The highest BCUT2D eigenvalue weighted by molar-refractivity contribution is 5.91. The van der Waals surface area contributed by atoms with Gasteiger partial charge in [0, 0.05) is 7.11 Å². The maximum atomic E-state index is 15.1. The van der Waals surface area contributed by atoms with Gasteiger partial charge in [-0.15, -0.1) is 0 Å². The van der Waals surface area contributed by atoms with Crippen molar-refractivity contribution in [3.63, 3.8) is 0 Å². The minimum absolute atomic E-state index is 0.00871. The Morgan fingerprint density at radius 1 is 0.241 bits per heavy atom. The van der Waals surface area contributed by atoms with Crippen LogP contribution in [0.5, 0.6) is 0 Å². The second-order valence-corrected chi connectivity index (χ2v) is 26.3. The standard InChI is InChI=1S/C89H88O19/c1-93-87-81(99-57-67-42-22-7-23-43-67)78(97-55-65-38-18-5-19-39-65)76(96-54-64-36-16-4-17-37-64)73(103-87)60-102-89-83(108-86(92)71-50-30-11-31-51-71)80(107-85(91)70-48-28-10-29-49-70)77(106-84(90)69-46-26-9-27-47-69)74(105-89)61-101-88-82(100-58-68-44-24-8-25-45-68)79(98-56-66-40-20-6-21-41-66)75(95-53-63-34-14-3-15-35-63)72(104-88)59-94-52-62-32-12-2-13-33-62/h2-51,72-83,87-89H,52-61H2,1H3/t72-,73-,74-,75-,76-,77-,78+,79+,80+,81-,82-,83-,87+,88-,89-/m1/s1. The van der Waals surface area contributed by atoms with Crippen LogP contribution in [0.2, 0.25) is 0 Å². The monoisotopic (exact) mass is 1460 g/mol. The molecule has 0 saturated carbocycles. The second-order valence-electron chi connectivity index (χ2n) is 26.3. The lowest BCUT2D eigenvalue weighted by Gasteiger charge is -2.48. The molecule has 3 heterocycles. The maximum absolute atomic E-state index is 15.1. The van der Waals surface area contributed by atoms with E-state index in [2.05, 4.69) is 0 Å². The largest absolute Gasteiger partial charge is 0.452 e. The Morgan fingerprint density at radius 2 is 0.481 bits per heavy atom. The van der Waals surface area contributed by atoms with Crippen molar-refractivity contribution in [3.8, 4) is 0 Å². The Bertz CT molecular complexity index is 4260. The Kier molecular flexibility index (Phi) is 28.1. The predicted octanol–water partition coefficient (Wildman–Crippen LogP) is 14.2. The van der Waals surface area contributed by atoms with Gasteiger partial charge in [-0.1, -0.05) is 267 Å². The van der Waals surface area contributed by atoms with E-state index in [-0.39, 0.29) is 69.5 Å². The van der Waals surface area contributed by atoms with Crippen LogP contribution in [0.3, 0.4) is 0 Å². The number of esters is 3. The number of rotatable bonds is 35. The molecular weight excluding hydrogens is 1370 g/mol. The second kappa shape index (κ2) is 39.8. The number of benzene rings is 10. The van der Waals surface area contributed by atoms with Gasteiger partial charge in [0.15, 0.2) is 37.2 Å². The number of ether oxygens (including phenoxy) is 16. The Morgan fingerprint density at radius 3 is 0.815 bits per heavy atom. The Hall–Kier alpha value is -9.91. The summed E-state index contributed by atoms with van der Waals surface area (Å²) >= 11 is 0. The quantitative estimate of drug-likeness (QED) is 0.0268. The maximum Gasteiger partial charge on any atom is 0.338 e. The molecule has 0 N–H and O–H groups in total. The first-order valence-electron chi connectivity index (χ1n) is 36.3. The van der Waals surface area contributed by atoms with E-state index < -0.39 is 123 Å². The molecule has 0 aliphatic carbocycles. The third-order valence-corrected chi connectivity index (χ3v) is 18.7. The Labute approximate surface area is 629 Å². The van der Waals surface area contributed by atoms with Crippen molar-refractivity contribution in [2.24, 2.45) is 0 Å². The zero-order valence-corrected chi connectivity index (χ0v) is 59.9. The fourth-order valence-corrected chi connectivity index (χ4v) is 13.2. The van der Waals surface area contributed by atoms with Crippen LogP contribution >= 0.6 is 0 Å². The van der Waals surface area contributed by atoms with Crippen LogP contribution in [-0.4, -0.2) is 137 Å². The number of hydrogen-bond acceptors (Lipinski definition) is 19. The van der Waals surface area contributed by atoms with Crippen LogP contribution < -0.4 is 0 Å². The lowest BCUT2D eigenvalue weighted by molar-refractivity contribution is -0.352. The molecule has 3 aliphatic heterocycles. The first-order chi connectivity index (χ1) is 53.3. The van der Waals surface area contributed by atoms with Crippen molar-refractivity contribution >= 4 is 17.9 Å². The van der Waals surface area contributed by atoms with Gasteiger partial charge in [0.05, 0.1) is 82.8 Å². The van der Waals surface area contributed by atoms with Crippen LogP contribution in [0, 0.1) is 0 Å². The van der Waals surface area contributed by atoms with E-state index in [1.165, 1.54) is 7.11 Å². The molecule has 0 amide bonds.